The highest BCUT2D eigenvalue weighted by Gasteiger charge is 2.64. The van der Waals surface area contributed by atoms with E-state index >= 15 is 0 Å². The van der Waals surface area contributed by atoms with Gasteiger partial charge in [-0.1, -0.05) is 0 Å². The zero-order valence-corrected chi connectivity index (χ0v) is 14.8. The quantitative estimate of drug-likeness (QED) is 0.874. The van der Waals surface area contributed by atoms with Crippen LogP contribution in [0.1, 0.15) is 42.6 Å². The molecule has 138 valence electrons. The van der Waals surface area contributed by atoms with Crippen molar-refractivity contribution in [1.29, 1.82) is 0 Å². The van der Waals surface area contributed by atoms with E-state index in [2.05, 4.69) is 15.5 Å². The minimum Gasteiger partial charge on any atom is -0.381 e. The predicted octanol–water partition coefficient (Wildman–Crippen LogP) is 1.01. The molecule has 3 heterocycles. The third-order valence-corrected chi connectivity index (χ3v) is 7.03. The highest BCUT2D eigenvalue weighted by molar-refractivity contribution is 5.92. The second kappa shape index (κ2) is 5.74. The summed E-state index contributed by atoms with van der Waals surface area (Å²) in [5, 5.41) is 10.8. The number of nitrogens with one attached hydrogen (secondary N) is 1. The number of hydrogen-bond donors (Lipinski definition) is 1. The number of likely N-dealkylation sites (tertiary alicyclic amines) is 1. The van der Waals surface area contributed by atoms with Crippen molar-refractivity contribution >= 4 is 11.8 Å². The summed E-state index contributed by atoms with van der Waals surface area (Å²) >= 11 is 0. The number of amides is 2. The first-order valence-corrected chi connectivity index (χ1v) is 9.56. The van der Waals surface area contributed by atoms with Gasteiger partial charge in [0, 0.05) is 37.9 Å². The molecule has 1 atom stereocenters. The van der Waals surface area contributed by atoms with Gasteiger partial charge in [0.1, 0.15) is 0 Å². The molecule has 3 saturated carbocycles. The van der Waals surface area contributed by atoms with Gasteiger partial charge in [-0.25, -0.2) is 0 Å². The summed E-state index contributed by atoms with van der Waals surface area (Å²) < 4.78 is 5.56. The van der Waals surface area contributed by atoms with Crippen LogP contribution in [-0.2, 0) is 9.53 Å². The van der Waals surface area contributed by atoms with Crippen LogP contribution in [0.2, 0.25) is 0 Å². The van der Waals surface area contributed by atoms with Crippen LogP contribution >= 0.6 is 0 Å². The van der Waals surface area contributed by atoms with Crippen molar-refractivity contribution in [3.05, 3.63) is 24.0 Å². The molecule has 5 aliphatic rings. The summed E-state index contributed by atoms with van der Waals surface area (Å²) in [6.45, 7) is 2.70. The third kappa shape index (κ3) is 2.36. The van der Waals surface area contributed by atoms with E-state index < -0.39 is 0 Å². The van der Waals surface area contributed by atoms with E-state index in [1.54, 1.807) is 18.3 Å². The van der Waals surface area contributed by atoms with Crippen molar-refractivity contribution in [2.45, 2.75) is 38.1 Å². The Labute approximate surface area is 152 Å². The minimum absolute atomic E-state index is 0.0581. The lowest BCUT2D eigenvalue weighted by molar-refractivity contribution is -0.176. The standard InChI is InChI=1S/C19H24N4O3/c24-16(14-2-1-5-20-22-14)21-15-11-23(12-18(15)3-6-26-7-4-18)17(25)19-8-13(9-19)10-19/h1-2,5,13,15H,3-4,6-12H2,(H,21,24). The number of carbonyl (C=O) groups is 2. The van der Waals surface area contributed by atoms with E-state index in [9.17, 15) is 9.59 Å². The fourth-order valence-electron chi connectivity index (χ4n) is 5.34. The van der Waals surface area contributed by atoms with Crippen molar-refractivity contribution in [2.24, 2.45) is 16.7 Å². The Balaban J connectivity index is 1.35. The highest BCUT2D eigenvalue weighted by atomic mass is 16.5. The topological polar surface area (TPSA) is 84.4 Å². The van der Waals surface area contributed by atoms with Crippen molar-refractivity contribution < 1.29 is 14.3 Å². The monoisotopic (exact) mass is 356 g/mol. The Morgan fingerprint density at radius 1 is 1.23 bits per heavy atom. The van der Waals surface area contributed by atoms with Gasteiger partial charge in [0.25, 0.3) is 5.91 Å². The minimum atomic E-state index is -0.214. The van der Waals surface area contributed by atoms with Gasteiger partial charge in [-0.2, -0.15) is 5.10 Å². The van der Waals surface area contributed by atoms with E-state index in [4.69, 9.17) is 4.74 Å². The molecule has 2 saturated heterocycles. The molecule has 26 heavy (non-hydrogen) atoms. The second-order valence-corrected chi connectivity index (χ2v) is 8.55. The highest BCUT2D eigenvalue weighted by Crippen LogP contribution is 2.65. The third-order valence-electron chi connectivity index (χ3n) is 7.03. The number of rotatable bonds is 3. The van der Waals surface area contributed by atoms with Gasteiger partial charge in [-0.3, -0.25) is 9.59 Å². The summed E-state index contributed by atoms with van der Waals surface area (Å²) in [6, 6.07) is 3.31. The van der Waals surface area contributed by atoms with Crippen LogP contribution < -0.4 is 5.32 Å². The van der Waals surface area contributed by atoms with E-state index in [0.29, 0.717) is 31.4 Å². The molecule has 1 N–H and O–H groups in total. The molecule has 1 aromatic heterocycles. The van der Waals surface area contributed by atoms with E-state index in [0.717, 1.165) is 44.6 Å². The van der Waals surface area contributed by atoms with Gasteiger partial charge < -0.3 is 15.0 Å². The lowest BCUT2D eigenvalue weighted by Crippen LogP contribution is -2.61. The fraction of sp³-hybridized carbons (Fsp3) is 0.684. The molecule has 2 bridgehead atoms. The number of carbonyl (C=O) groups excluding carboxylic acids is 2. The number of ether oxygens (including phenoxy) is 1. The van der Waals surface area contributed by atoms with Crippen LogP contribution in [0.25, 0.3) is 0 Å². The van der Waals surface area contributed by atoms with Crippen molar-refractivity contribution in [1.82, 2.24) is 20.4 Å². The lowest BCUT2D eigenvalue weighted by Gasteiger charge is -2.61. The molecule has 7 nitrogen and oxygen atoms in total. The summed E-state index contributed by atoms with van der Waals surface area (Å²) in [5.41, 5.74) is 0.162. The molecule has 2 amide bonds. The molecule has 1 unspecified atom stereocenters. The molecule has 1 spiro atoms. The maximum Gasteiger partial charge on any atom is 0.272 e. The Bertz CT molecular complexity index is 715. The fourth-order valence-corrected chi connectivity index (χ4v) is 5.34. The zero-order chi connectivity index (χ0) is 17.8. The molecule has 5 fully saturated rings. The molecule has 7 heteroatoms. The maximum absolute atomic E-state index is 13.1. The number of nitrogens with zero attached hydrogens (tertiary/aromatic N) is 3. The number of hydrogen-bond acceptors (Lipinski definition) is 5. The first-order valence-electron chi connectivity index (χ1n) is 9.56. The molecule has 1 aromatic rings. The molecule has 0 aromatic carbocycles. The average molecular weight is 356 g/mol. The molecule has 6 rings (SSSR count). The van der Waals surface area contributed by atoms with Gasteiger partial charge in [0.05, 0.1) is 11.5 Å². The summed E-state index contributed by atoms with van der Waals surface area (Å²) in [7, 11) is 0. The Hall–Kier alpha value is -2.02. The zero-order valence-electron chi connectivity index (χ0n) is 14.8. The molecule has 2 aliphatic heterocycles. The van der Waals surface area contributed by atoms with Crippen LogP contribution in [0.4, 0.5) is 0 Å². The van der Waals surface area contributed by atoms with Crippen LogP contribution in [-0.4, -0.2) is 59.3 Å². The second-order valence-electron chi connectivity index (χ2n) is 8.55. The Morgan fingerprint density at radius 3 is 2.62 bits per heavy atom. The largest absolute Gasteiger partial charge is 0.381 e. The molecular weight excluding hydrogens is 332 g/mol. The van der Waals surface area contributed by atoms with Crippen LogP contribution in [0.3, 0.4) is 0 Å². The van der Waals surface area contributed by atoms with Crippen molar-refractivity contribution in [3.8, 4) is 0 Å². The van der Waals surface area contributed by atoms with Crippen LogP contribution in [0, 0.1) is 16.7 Å². The van der Waals surface area contributed by atoms with Gasteiger partial charge in [-0.15, -0.1) is 5.10 Å². The van der Waals surface area contributed by atoms with Crippen LogP contribution in [0.15, 0.2) is 18.3 Å². The first-order chi connectivity index (χ1) is 12.6. The average Bonchev–Trinajstić information content (AvgIpc) is 2.91. The Kier molecular flexibility index (Phi) is 3.57. The van der Waals surface area contributed by atoms with E-state index in [-0.39, 0.29) is 22.8 Å². The smallest absolute Gasteiger partial charge is 0.272 e. The van der Waals surface area contributed by atoms with Gasteiger partial charge in [0.15, 0.2) is 5.69 Å². The van der Waals surface area contributed by atoms with E-state index in [1.165, 1.54) is 0 Å². The lowest BCUT2D eigenvalue weighted by atomic mass is 9.44. The predicted molar refractivity (Wildman–Crippen MR) is 92.1 cm³/mol. The van der Waals surface area contributed by atoms with E-state index in [1.807, 2.05) is 4.90 Å². The van der Waals surface area contributed by atoms with Crippen molar-refractivity contribution in [2.75, 3.05) is 26.3 Å². The van der Waals surface area contributed by atoms with Gasteiger partial charge >= 0.3 is 0 Å². The Morgan fingerprint density at radius 2 is 2.00 bits per heavy atom. The summed E-state index contributed by atoms with van der Waals surface area (Å²) in [4.78, 5) is 27.7. The molecule has 3 aliphatic carbocycles. The van der Waals surface area contributed by atoms with Gasteiger partial charge in [-0.05, 0) is 50.2 Å². The van der Waals surface area contributed by atoms with Crippen LogP contribution in [0.5, 0.6) is 0 Å². The summed E-state index contributed by atoms with van der Waals surface area (Å²) in [6.07, 6.45) is 6.49. The SMILES string of the molecule is O=C(NC1CN(C(=O)C23CC(C2)C3)CC12CCOCC2)c1cccnn1. The molecular formula is C19H24N4O3. The van der Waals surface area contributed by atoms with Gasteiger partial charge in [0.2, 0.25) is 5.91 Å². The summed E-state index contributed by atoms with van der Waals surface area (Å²) in [5.74, 6) is 0.877. The molecule has 0 radical (unpaired) electrons. The number of aromatic nitrogens is 2. The maximum atomic E-state index is 13.1. The normalized spacial score (nSPS) is 34.1. The first kappa shape index (κ1) is 16.2. The van der Waals surface area contributed by atoms with Crippen molar-refractivity contribution in [3.63, 3.8) is 0 Å².